The van der Waals surface area contributed by atoms with Crippen molar-refractivity contribution in [1.82, 2.24) is 9.97 Å². The van der Waals surface area contributed by atoms with E-state index in [-0.39, 0.29) is 0 Å². The maximum atomic E-state index is 4.08. The molecular weight excluding hydrogens is 218 g/mol. The fourth-order valence-electron chi connectivity index (χ4n) is 0.744. The molecular formula is C8H12BrN3. The summed E-state index contributed by atoms with van der Waals surface area (Å²) in [6.07, 6.45) is 3.27. The van der Waals surface area contributed by atoms with E-state index in [4.69, 9.17) is 0 Å². The Labute approximate surface area is 80.7 Å². The monoisotopic (exact) mass is 229 g/mol. The Bertz CT molecular complexity index is 250. The first-order chi connectivity index (χ1) is 5.70. The van der Waals surface area contributed by atoms with Gasteiger partial charge in [0.25, 0.3) is 0 Å². The second-order valence-electron chi connectivity index (χ2n) is 2.99. The Morgan fingerprint density at radius 3 is 2.92 bits per heavy atom. The Hall–Kier alpha value is -0.640. The number of aromatic nitrogens is 2. The summed E-state index contributed by atoms with van der Waals surface area (Å²) in [5.74, 6) is 1.48. The Morgan fingerprint density at radius 1 is 1.58 bits per heavy atom. The van der Waals surface area contributed by atoms with Crippen LogP contribution in [0.3, 0.4) is 0 Å². The van der Waals surface area contributed by atoms with E-state index < -0.39 is 0 Å². The van der Waals surface area contributed by atoms with Gasteiger partial charge in [-0.05, 0) is 21.8 Å². The second-order valence-corrected chi connectivity index (χ2v) is 3.85. The summed E-state index contributed by atoms with van der Waals surface area (Å²) in [5.41, 5.74) is 0. The molecule has 1 N–H and O–H groups in total. The highest BCUT2D eigenvalue weighted by molar-refractivity contribution is 9.10. The number of halogens is 1. The molecule has 1 heterocycles. The SMILES string of the molecule is CC(C)CNc1ncncc1Br. The predicted octanol–water partition coefficient (Wildman–Crippen LogP) is 2.31. The number of anilines is 1. The fraction of sp³-hybridized carbons (Fsp3) is 0.500. The van der Waals surface area contributed by atoms with Crippen LogP contribution < -0.4 is 5.32 Å². The molecule has 0 saturated heterocycles. The highest BCUT2D eigenvalue weighted by atomic mass is 79.9. The molecule has 0 atom stereocenters. The van der Waals surface area contributed by atoms with E-state index in [2.05, 4.69) is 45.1 Å². The molecule has 0 aliphatic carbocycles. The topological polar surface area (TPSA) is 37.8 Å². The Balaban J connectivity index is 2.57. The van der Waals surface area contributed by atoms with E-state index in [1.807, 2.05) is 0 Å². The first kappa shape index (κ1) is 9.45. The van der Waals surface area contributed by atoms with Crippen molar-refractivity contribution in [3.63, 3.8) is 0 Å². The molecule has 66 valence electrons. The smallest absolute Gasteiger partial charge is 0.143 e. The van der Waals surface area contributed by atoms with E-state index >= 15 is 0 Å². The average Bonchev–Trinajstić information content (AvgIpc) is 2.03. The lowest BCUT2D eigenvalue weighted by atomic mass is 10.2. The van der Waals surface area contributed by atoms with Crippen LogP contribution in [0.4, 0.5) is 5.82 Å². The second kappa shape index (κ2) is 4.40. The van der Waals surface area contributed by atoms with Gasteiger partial charge in [-0.25, -0.2) is 9.97 Å². The van der Waals surface area contributed by atoms with Crippen LogP contribution in [0.25, 0.3) is 0 Å². The lowest BCUT2D eigenvalue weighted by Gasteiger charge is -2.08. The van der Waals surface area contributed by atoms with Gasteiger partial charge in [-0.2, -0.15) is 0 Å². The predicted molar refractivity (Wildman–Crippen MR) is 53.1 cm³/mol. The van der Waals surface area contributed by atoms with Crippen molar-refractivity contribution in [2.45, 2.75) is 13.8 Å². The van der Waals surface area contributed by atoms with Crippen LogP contribution >= 0.6 is 15.9 Å². The number of hydrogen-bond donors (Lipinski definition) is 1. The van der Waals surface area contributed by atoms with Gasteiger partial charge in [0.15, 0.2) is 0 Å². The van der Waals surface area contributed by atoms with E-state index in [0.717, 1.165) is 16.8 Å². The van der Waals surface area contributed by atoms with Gasteiger partial charge in [-0.15, -0.1) is 0 Å². The summed E-state index contributed by atoms with van der Waals surface area (Å²) in [4.78, 5) is 7.96. The van der Waals surface area contributed by atoms with Crippen molar-refractivity contribution >= 4 is 21.7 Å². The number of hydrogen-bond acceptors (Lipinski definition) is 3. The standard InChI is InChI=1S/C8H12BrN3/c1-6(2)3-11-8-7(9)4-10-5-12-8/h4-6H,3H2,1-2H3,(H,10,11,12). The summed E-state index contributed by atoms with van der Waals surface area (Å²) in [6.45, 7) is 5.24. The number of nitrogens with one attached hydrogen (secondary N) is 1. The number of rotatable bonds is 3. The van der Waals surface area contributed by atoms with Gasteiger partial charge >= 0.3 is 0 Å². The molecule has 0 saturated carbocycles. The van der Waals surface area contributed by atoms with Crippen molar-refractivity contribution in [3.05, 3.63) is 17.0 Å². The molecule has 3 nitrogen and oxygen atoms in total. The lowest BCUT2D eigenvalue weighted by Crippen LogP contribution is -2.09. The van der Waals surface area contributed by atoms with E-state index in [1.165, 1.54) is 6.33 Å². The molecule has 0 radical (unpaired) electrons. The van der Waals surface area contributed by atoms with Crippen molar-refractivity contribution in [1.29, 1.82) is 0 Å². The largest absolute Gasteiger partial charge is 0.369 e. The summed E-state index contributed by atoms with van der Waals surface area (Å²) in [5, 5.41) is 3.21. The Kier molecular flexibility index (Phi) is 3.47. The van der Waals surface area contributed by atoms with Gasteiger partial charge < -0.3 is 5.32 Å². The normalized spacial score (nSPS) is 10.3. The third kappa shape index (κ3) is 2.77. The maximum absolute atomic E-state index is 4.08. The summed E-state index contributed by atoms with van der Waals surface area (Å²) in [7, 11) is 0. The lowest BCUT2D eigenvalue weighted by molar-refractivity contribution is 0.686. The van der Waals surface area contributed by atoms with E-state index in [1.54, 1.807) is 6.20 Å². The van der Waals surface area contributed by atoms with Gasteiger partial charge in [0.05, 0.1) is 4.47 Å². The van der Waals surface area contributed by atoms with Gasteiger partial charge in [0.2, 0.25) is 0 Å². The zero-order valence-corrected chi connectivity index (χ0v) is 8.80. The van der Waals surface area contributed by atoms with E-state index in [9.17, 15) is 0 Å². The van der Waals surface area contributed by atoms with Crippen molar-refractivity contribution in [3.8, 4) is 0 Å². The third-order valence-electron chi connectivity index (χ3n) is 1.35. The summed E-state index contributed by atoms with van der Waals surface area (Å²) >= 11 is 3.36. The minimum Gasteiger partial charge on any atom is -0.369 e. The molecule has 4 heteroatoms. The summed E-state index contributed by atoms with van der Waals surface area (Å²) < 4.78 is 0.908. The molecule has 1 aromatic heterocycles. The number of nitrogens with zero attached hydrogens (tertiary/aromatic N) is 2. The van der Waals surface area contributed by atoms with Gasteiger partial charge in [-0.1, -0.05) is 13.8 Å². The van der Waals surface area contributed by atoms with Gasteiger partial charge in [0, 0.05) is 12.7 Å². The summed E-state index contributed by atoms with van der Waals surface area (Å²) in [6, 6.07) is 0. The molecule has 1 rings (SSSR count). The molecule has 0 aromatic carbocycles. The van der Waals surface area contributed by atoms with Crippen molar-refractivity contribution < 1.29 is 0 Å². The minimum absolute atomic E-state index is 0.617. The molecule has 0 aliphatic rings. The van der Waals surface area contributed by atoms with Crippen LogP contribution in [0.1, 0.15) is 13.8 Å². The van der Waals surface area contributed by atoms with Crippen LogP contribution in [-0.2, 0) is 0 Å². The third-order valence-corrected chi connectivity index (χ3v) is 1.93. The molecule has 0 unspecified atom stereocenters. The van der Waals surface area contributed by atoms with Gasteiger partial charge in [-0.3, -0.25) is 0 Å². The molecule has 1 aromatic rings. The molecule has 0 bridgehead atoms. The first-order valence-electron chi connectivity index (χ1n) is 3.89. The zero-order chi connectivity index (χ0) is 8.97. The zero-order valence-electron chi connectivity index (χ0n) is 7.21. The quantitative estimate of drug-likeness (QED) is 0.865. The van der Waals surface area contributed by atoms with E-state index in [0.29, 0.717) is 5.92 Å². The van der Waals surface area contributed by atoms with Crippen LogP contribution in [0.5, 0.6) is 0 Å². The van der Waals surface area contributed by atoms with Crippen molar-refractivity contribution in [2.24, 2.45) is 5.92 Å². The van der Waals surface area contributed by atoms with Gasteiger partial charge in [0.1, 0.15) is 12.1 Å². The van der Waals surface area contributed by atoms with Crippen LogP contribution in [0.15, 0.2) is 17.0 Å². The molecule has 12 heavy (non-hydrogen) atoms. The van der Waals surface area contributed by atoms with Crippen LogP contribution in [0, 0.1) is 5.92 Å². The molecule has 0 spiro atoms. The molecule has 0 fully saturated rings. The van der Waals surface area contributed by atoms with Crippen LogP contribution in [-0.4, -0.2) is 16.5 Å². The maximum Gasteiger partial charge on any atom is 0.143 e. The first-order valence-corrected chi connectivity index (χ1v) is 4.69. The molecule has 0 amide bonds. The highest BCUT2D eigenvalue weighted by Crippen LogP contribution is 2.16. The van der Waals surface area contributed by atoms with Crippen LogP contribution in [0.2, 0.25) is 0 Å². The average molecular weight is 230 g/mol. The van der Waals surface area contributed by atoms with Crippen molar-refractivity contribution in [2.75, 3.05) is 11.9 Å². The Morgan fingerprint density at radius 2 is 2.33 bits per heavy atom. The highest BCUT2D eigenvalue weighted by Gasteiger charge is 1.99. The molecule has 0 aliphatic heterocycles. The fourth-order valence-corrected chi connectivity index (χ4v) is 1.10. The minimum atomic E-state index is 0.617.